The van der Waals surface area contributed by atoms with Gasteiger partial charge in [0.15, 0.2) is 0 Å². The number of carbonyl (C=O) groups excluding carboxylic acids is 2. The first kappa shape index (κ1) is 18.5. The highest BCUT2D eigenvalue weighted by Gasteiger charge is 2.30. The zero-order valence-corrected chi connectivity index (χ0v) is 16.2. The van der Waals surface area contributed by atoms with Crippen molar-refractivity contribution in [3.63, 3.8) is 0 Å². The van der Waals surface area contributed by atoms with E-state index in [1.807, 2.05) is 36.4 Å². The van der Waals surface area contributed by atoms with E-state index in [0.717, 1.165) is 21.9 Å². The Morgan fingerprint density at radius 1 is 0.964 bits per heavy atom. The number of hydrogen-bond donors (Lipinski definition) is 1. The molecule has 1 heterocycles. The van der Waals surface area contributed by atoms with Crippen molar-refractivity contribution in [3.8, 4) is 0 Å². The molecule has 0 unspecified atom stereocenters. The van der Waals surface area contributed by atoms with Crippen LogP contribution in [0.3, 0.4) is 0 Å². The number of nitrogens with one attached hydrogen (secondary N) is 1. The minimum absolute atomic E-state index is 0.0475. The summed E-state index contributed by atoms with van der Waals surface area (Å²) < 4.78 is 0. The van der Waals surface area contributed by atoms with Crippen LogP contribution in [-0.2, 0) is 22.6 Å². The van der Waals surface area contributed by atoms with Crippen LogP contribution >= 0.6 is 11.6 Å². The van der Waals surface area contributed by atoms with E-state index in [0.29, 0.717) is 31.0 Å². The lowest BCUT2D eigenvalue weighted by atomic mass is 10.0. The molecule has 0 aliphatic carbocycles. The van der Waals surface area contributed by atoms with Gasteiger partial charge in [-0.05, 0) is 34.0 Å². The maximum atomic E-state index is 13.2. The van der Waals surface area contributed by atoms with Gasteiger partial charge in [-0.2, -0.15) is 0 Å². The lowest BCUT2D eigenvalue weighted by Crippen LogP contribution is -2.45. The molecule has 1 fully saturated rings. The van der Waals surface area contributed by atoms with Gasteiger partial charge in [0, 0.05) is 31.0 Å². The second-order valence-electron chi connectivity index (χ2n) is 7.10. The smallest absolute Gasteiger partial charge is 0.245 e. The topological polar surface area (TPSA) is 49.4 Å². The molecule has 0 aromatic heterocycles. The second-order valence-corrected chi connectivity index (χ2v) is 7.54. The second kappa shape index (κ2) is 8.03. The highest BCUT2D eigenvalue weighted by Crippen LogP contribution is 2.21. The minimum atomic E-state index is -0.564. The fourth-order valence-corrected chi connectivity index (χ4v) is 3.81. The summed E-state index contributed by atoms with van der Waals surface area (Å²) in [5, 5.41) is 5.81. The first-order chi connectivity index (χ1) is 13.6. The monoisotopic (exact) mass is 392 g/mol. The van der Waals surface area contributed by atoms with Gasteiger partial charge in [-0.25, -0.2) is 0 Å². The van der Waals surface area contributed by atoms with Gasteiger partial charge in [-0.15, -0.1) is 0 Å². The predicted octanol–water partition coefficient (Wildman–Crippen LogP) is 3.95. The van der Waals surface area contributed by atoms with Crippen molar-refractivity contribution in [2.24, 2.45) is 0 Å². The number of benzene rings is 3. The van der Waals surface area contributed by atoms with Crippen LogP contribution in [0.2, 0.25) is 5.02 Å². The van der Waals surface area contributed by atoms with Gasteiger partial charge in [0.05, 0.1) is 0 Å². The fourth-order valence-electron chi connectivity index (χ4n) is 3.68. The first-order valence-corrected chi connectivity index (χ1v) is 9.77. The number of rotatable bonds is 4. The van der Waals surface area contributed by atoms with E-state index in [2.05, 4.69) is 23.5 Å². The Kier molecular flexibility index (Phi) is 5.31. The van der Waals surface area contributed by atoms with Gasteiger partial charge >= 0.3 is 0 Å². The van der Waals surface area contributed by atoms with Gasteiger partial charge in [0.25, 0.3) is 0 Å². The SMILES string of the molecule is O=C1CCN(Cc2cccc3ccccc23)C(=O)[C@H](Cc2ccc(Cl)cc2)N1. The summed E-state index contributed by atoms with van der Waals surface area (Å²) in [5.41, 5.74) is 2.06. The fraction of sp³-hybridized carbons (Fsp3) is 0.217. The average Bonchev–Trinajstić information content (AvgIpc) is 2.83. The molecular formula is C23H21ClN2O2. The molecule has 2 amide bonds. The Morgan fingerprint density at radius 2 is 1.71 bits per heavy atom. The Morgan fingerprint density at radius 3 is 2.54 bits per heavy atom. The highest BCUT2D eigenvalue weighted by atomic mass is 35.5. The van der Waals surface area contributed by atoms with Crippen LogP contribution < -0.4 is 5.32 Å². The van der Waals surface area contributed by atoms with Crippen LogP contribution in [0.4, 0.5) is 0 Å². The molecule has 0 bridgehead atoms. The summed E-state index contributed by atoms with van der Waals surface area (Å²) in [6.07, 6.45) is 0.765. The predicted molar refractivity (Wildman–Crippen MR) is 111 cm³/mol. The number of carbonyl (C=O) groups is 2. The van der Waals surface area contributed by atoms with Crippen LogP contribution in [0.25, 0.3) is 10.8 Å². The average molecular weight is 393 g/mol. The zero-order chi connectivity index (χ0) is 19.5. The molecule has 1 atom stereocenters. The van der Waals surface area contributed by atoms with Crippen molar-refractivity contribution in [3.05, 3.63) is 82.9 Å². The van der Waals surface area contributed by atoms with Gasteiger partial charge in [0.2, 0.25) is 11.8 Å². The molecule has 3 aromatic rings. The molecule has 0 spiro atoms. The summed E-state index contributed by atoms with van der Waals surface area (Å²) in [4.78, 5) is 27.2. The largest absolute Gasteiger partial charge is 0.344 e. The van der Waals surface area contributed by atoms with E-state index in [1.165, 1.54) is 0 Å². The molecule has 3 aromatic carbocycles. The zero-order valence-electron chi connectivity index (χ0n) is 15.4. The van der Waals surface area contributed by atoms with Gasteiger partial charge in [-0.1, -0.05) is 66.2 Å². The molecule has 142 valence electrons. The molecule has 1 N–H and O–H groups in total. The molecule has 1 aliphatic heterocycles. The summed E-state index contributed by atoms with van der Waals surface area (Å²) >= 11 is 5.95. The number of nitrogens with zero attached hydrogens (tertiary/aromatic N) is 1. The van der Waals surface area contributed by atoms with Crippen LogP contribution in [0.1, 0.15) is 17.5 Å². The molecule has 1 saturated heterocycles. The summed E-state index contributed by atoms with van der Waals surface area (Å²) in [6.45, 7) is 0.914. The standard InChI is InChI=1S/C23H21ClN2O2/c24-19-10-8-16(9-11-19)14-21-23(28)26(13-12-22(27)25-21)15-18-6-3-5-17-4-1-2-7-20(17)18/h1-11,21H,12-15H2,(H,25,27)/t21-/m0/s1. The number of fused-ring (bicyclic) bond motifs is 1. The number of hydrogen-bond acceptors (Lipinski definition) is 2. The van der Waals surface area contributed by atoms with Crippen molar-refractivity contribution in [1.82, 2.24) is 10.2 Å². The third kappa shape index (κ3) is 4.02. The summed E-state index contributed by atoms with van der Waals surface area (Å²) in [5.74, 6) is -0.138. The molecule has 1 aliphatic rings. The molecular weight excluding hydrogens is 372 g/mol. The maximum absolute atomic E-state index is 13.2. The normalized spacial score (nSPS) is 17.5. The minimum Gasteiger partial charge on any atom is -0.344 e. The van der Waals surface area contributed by atoms with Crippen LogP contribution in [0.15, 0.2) is 66.7 Å². The molecule has 0 saturated carbocycles. The molecule has 4 rings (SSSR count). The maximum Gasteiger partial charge on any atom is 0.245 e. The van der Waals surface area contributed by atoms with Crippen LogP contribution in [0, 0.1) is 0 Å². The van der Waals surface area contributed by atoms with E-state index >= 15 is 0 Å². The van der Waals surface area contributed by atoms with Crippen LogP contribution in [0.5, 0.6) is 0 Å². The number of halogens is 1. The Hall–Kier alpha value is -2.85. The van der Waals surface area contributed by atoms with Crippen molar-refractivity contribution in [2.75, 3.05) is 6.54 Å². The van der Waals surface area contributed by atoms with Crippen molar-refractivity contribution in [2.45, 2.75) is 25.4 Å². The molecule has 28 heavy (non-hydrogen) atoms. The summed E-state index contributed by atoms with van der Waals surface area (Å²) in [6, 6.07) is 21.1. The number of amides is 2. The molecule has 4 nitrogen and oxygen atoms in total. The first-order valence-electron chi connectivity index (χ1n) is 9.39. The van der Waals surface area contributed by atoms with Crippen molar-refractivity contribution >= 4 is 34.2 Å². The van der Waals surface area contributed by atoms with Gasteiger partial charge in [-0.3, -0.25) is 9.59 Å². The lowest BCUT2D eigenvalue weighted by Gasteiger charge is -2.25. The Labute approximate surface area is 169 Å². The van der Waals surface area contributed by atoms with Gasteiger partial charge < -0.3 is 10.2 Å². The van der Waals surface area contributed by atoms with Crippen LogP contribution in [-0.4, -0.2) is 29.3 Å². The van der Waals surface area contributed by atoms with Crippen molar-refractivity contribution < 1.29 is 9.59 Å². The van der Waals surface area contributed by atoms with E-state index in [9.17, 15) is 9.59 Å². The van der Waals surface area contributed by atoms with Gasteiger partial charge in [0.1, 0.15) is 6.04 Å². The van der Waals surface area contributed by atoms with E-state index in [-0.39, 0.29) is 11.8 Å². The Bertz CT molecular complexity index is 1010. The van der Waals surface area contributed by atoms with E-state index in [1.54, 1.807) is 17.0 Å². The summed E-state index contributed by atoms with van der Waals surface area (Å²) in [7, 11) is 0. The third-order valence-corrected chi connectivity index (χ3v) is 5.40. The lowest BCUT2D eigenvalue weighted by molar-refractivity contribution is -0.134. The van der Waals surface area contributed by atoms with E-state index in [4.69, 9.17) is 11.6 Å². The molecule has 5 heteroatoms. The highest BCUT2D eigenvalue weighted by molar-refractivity contribution is 6.30. The Balaban J connectivity index is 1.58. The third-order valence-electron chi connectivity index (χ3n) is 5.15. The van der Waals surface area contributed by atoms with E-state index < -0.39 is 6.04 Å². The quantitative estimate of drug-likeness (QED) is 0.730. The molecule has 0 radical (unpaired) electrons. The van der Waals surface area contributed by atoms with Crippen molar-refractivity contribution in [1.29, 1.82) is 0 Å².